The fourth-order valence-corrected chi connectivity index (χ4v) is 1.38. The maximum Gasteiger partial charge on any atom is 0.0405 e. The smallest absolute Gasteiger partial charge is 0.0405 e. The fourth-order valence-electron chi connectivity index (χ4n) is 0.954. The van der Waals surface area contributed by atoms with E-state index < -0.39 is 11.3 Å². The van der Waals surface area contributed by atoms with Gasteiger partial charge in [0.15, 0.2) is 0 Å². The molecule has 3 nitrogen and oxygen atoms in total. The first-order valence-electron chi connectivity index (χ1n) is 3.60. The summed E-state index contributed by atoms with van der Waals surface area (Å²) in [4.78, 5) is 0. The Morgan fingerprint density at radius 2 is 2.00 bits per heavy atom. The second-order valence-corrected chi connectivity index (χ2v) is 3.19. The summed E-state index contributed by atoms with van der Waals surface area (Å²) >= 11 is -2.20. The summed E-state index contributed by atoms with van der Waals surface area (Å²) < 4.78 is 22.9. The van der Waals surface area contributed by atoms with Gasteiger partial charge in [0, 0.05) is 17.3 Å². The number of benzene rings is 1. The van der Waals surface area contributed by atoms with Crippen LogP contribution in [0.15, 0.2) is 30.3 Å². The molecule has 4 heteroatoms. The van der Waals surface area contributed by atoms with Gasteiger partial charge in [-0.3, -0.25) is 4.21 Å². The van der Waals surface area contributed by atoms with E-state index in [4.69, 9.17) is 0 Å². The van der Waals surface area contributed by atoms with Crippen LogP contribution in [0.1, 0.15) is 18.5 Å². The Balaban J connectivity index is 2.65. The van der Waals surface area contributed by atoms with E-state index in [-0.39, 0.29) is 6.04 Å². The molecule has 2 atom stereocenters. The largest absolute Gasteiger partial charge is 0.760 e. The summed E-state index contributed by atoms with van der Waals surface area (Å²) in [5.41, 5.74) is 0.960. The molecule has 0 fully saturated rings. The topological polar surface area (TPSA) is 52.2 Å². The molecule has 0 aromatic heterocycles. The third-order valence-electron chi connectivity index (χ3n) is 1.57. The van der Waals surface area contributed by atoms with Crippen LogP contribution < -0.4 is 4.72 Å². The predicted molar refractivity (Wildman–Crippen MR) is 46.9 cm³/mol. The van der Waals surface area contributed by atoms with Gasteiger partial charge in [-0.05, 0) is 12.5 Å². The lowest BCUT2D eigenvalue weighted by molar-refractivity contribution is 0.512. The number of nitrogens with one attached hydrogen (secondary N) is 1. The van der Waals surface area contributed by atoms with Gasteiger partial charge in [-0.2, -0.15) is 0 Å². The van der Waals surface area contributed by atoms with Gasteiger partial charge in [0.25, 0.3) is 0 Å². The van der Waals surface area contributed by atoms with E-state index in [9.17, 15) is 8.76 Å². The Kier molecular flexibility index (Phi) is 3.40. The number of rotatable bonds is 3. The van der Waals surface area contributed by atoms with Gasteiger partial charge in [0.2, 0.25) is 0 Å². The lowest BCUT2D eigenvalue weighted by Crippen LogP contribution is -2.20. The Morgan fingerprint density at radius 1 is 1.42 bits per heavy atom. The molecule has 0 aliphatic rings. The van der Waals surface area contributed by atoms with Gasteiger partial charge < -0.3 is 4.55 Å². The second-order valence-electron chi connectivity index (χ2n) is 2.48. The van der Waals surface area contributed by atoms with E-state index >= 15 is 0 Å². The Labute approximate surface area is 74.2 Å². The average Bonchev–Trinajstić information content (AvgIpc) is 2.05. The zero-order valence-corrected chi connectivity index (χ0v) is 7.51. The highest BCUT2D eigenvalue weighted by molar-refractivity contribution is 7.77. The molecule has 1 aromatic carbocycles. The van der Waals surface area contributed by atoms with Crippen LogP contribution in [0.3, 0.4) is 0 Å². The molecule has 2 unspecified atom stereocenters. The second kappa shape index (κ2) is 4.35. The van der Waals surface area contributed by atoms with Crippen molar-refractivity contribution in [2.24, 2.45) is 0 Å². The minimum Gasteiger partial charge on any atom is -0.760 e. The van der Waals surface area contributed by atoms with Gasteiger partial charge in [-0.1, -0.05) is 30.3 Å². The van der Waals surface area contributed by atoms with Crippen molar-refractivity contribution in [3.63, 3.8) is 0 Å². The maximum absolute atomic E-state index is 10.3. The van der Waals surface area contributed by atoms with Crippen molar-refractivity contribution in [2.75, 3.05) is 0 Å². The SMILES string of the molecule is CC(NS(=O)[O-])c1ccccc1. The molecule has 1 aromatic rings. The zero-order valence-electron chi connectivity index (χ0n) is 6.69. The van der Waals surface area contributed by atoms with E-state index in [0.29, 0.717) is 0 Å². The molecule has 0 aliphatic heterocycles. The summed E-state index contributed by atoms with van der Waals surface area (Å²) in [5.74, 6) is 0. The van der Waals surface area contributed by atoms with Gasteiger partial charge in [0.05, 0.1) is 0 Å². The highest BCUT2D eigenvalue weighted by atomic mass is 32.2. The van der Waals surface area contributed by atoms with Crippen LogP contribution in [0.2, 0.25) is 0 Å². The van der Waals surface area contributed by atoms with Gasteiger partial charge in [-0.15, -0.1) is 0 Å². The molecule has 0 saturated carbocycles. The van der Waals surface area contributed by atoms with Crippen molar-refractivity contribution in [3.8, 4) is 0 Å². The van der Waals surface area contributed by atoms with E-state index in [2.05, 4.69) is 4.72 Å². The highest BCUT2D eigenvalue weighted by Crippen LogP contribution is 2.10. The number of hydrogen-bond acceptors (Lipinski definition) is 2. The first-order valence-corrected chi connectivity index (χ1v) is 4.68. The van der Waals surface area contributed by atoms with E-state index in [1.54, 1.807) is 6.92 Å². The van der Waals surface area contributed by atoms with E-state index in [1.165, 1.54) is 0 Å². The lowest BCUT2D eigenvalue weighted by atomic mass is 10.1. The molecular weight excluding hydrogens is 174 g/mol. The van der Waals surface area contributed by atoms with Crippen LogP contribution in [0.25, 0.3) is 0 Å². The third kappa shape index (κ3) is 2.73. The molecule has 1 N–H and O–H groups in total. The van der Waals surface area contributed by atoms with Gasteiger partial charge in [0.1, 0.15) is 0 Å². The lowest BCUT2D eigenvalue weighted by Gasteiger charge is -2.15. The molecule has 0 spiro atoms. The monoisotopic (exact) mass is 184 g/mol. The number of hydrogen-bond donors (Lipinski definition) is 1. The van der Waals surface area contributed by atoms with Crippen LogP contribution in [-0.2, 0) is 11.3 Å². The standard InChI is InChI=1S/C8H11NO2S/c1-7(9-12(10)11)8-5-3-2-4-6-8/h2-7,9H,1H3,(H,10,11)/p-1. The zero-order chi connectivity index (χ0) is 8.97. The summed E-state index contributed by atoms with van der Waals surface area (Å²) in [6.45, 7) is 1.80. The van der Waals surface area contributed by atoms with Gasteiger partial charge >= 0.3 is 0 Å². The highest BCUT2D eigenvalue weighted by Gasteiger charge is 2.01. The minimum absolute atomic E-state index is 0.162. The third-order valence-corrected chi connectivity index (χ3v) is 2.12. The van der Waals surface area contributed by atoms with Crippen molar-refractivity contribution in [1.29, 1.82) is 0 Å². The van der Waals surface area contributed by atoms with Crippen molar-refractivity contribution >= 4 is 11.3 Å². The molecule has 0 radical (unpaired) electrons. The molecule has 66 valence electrons. The summed E-state index contributed by atoms with van der Waals surface area (Å²) in [6, 6.07) is 9.24. The first-order chi connectivity index (χ1) is 5.70. The van der Waals surface area contributed by atoms with E-state index in [1.807, 2.05) is 30.3 Å². The van der Waals surface area contributed by atoms with Crippen molar-refractivity contribution in [3.05, 3.63) is 35.9 Å². The molecule has 0 amide bonds. The van der Waals surface area contributed by atoms with Crippen molar-refractivity contribution in [1.82, 2.24) is 4.72 Å². The van der Waals surface area contributed by atoms with Crippen LogP contribution in [0.5, 0.6) is 0 Å². The molecule has 0 heterocycles. The molecule has 1 rings (SSSR count). The molecule has 0 aliphatic carbocycles. The Bertz CT molecular complexity index is 263. The van der Waals surface area contributed by atoms with Crippen LogP contribution >= 0.6 is 0 Å². The van der Waals surface area contributed by atoms with Crippen molar-refractivity contribution < 1.29 is 8.76 Å². The van der Waals surface area contributed by atoms with E-state index in [0.717, 1.165) is 5.56 Å². The fraction of sp³-hybridized carbons (Fsp3) is 0.250. The van der Waals surface area contributed by atoms with Crippen LogP contribution in [0.4, 0.5) is 0 Å². The van der Waals surface area contributed by atoms with Crippen molar-refractivity contribution in [2.45, 2.75) is 13.0 Å². The normalized spacial score (nSPS) is 15.5. The Morgan fingerprint density at radius 3 is 2.50 bits per heavy atom. The summed E-state index contributed by atoms with van der Waals surface area (Å²) in [6.07, 6.45) is 0. The molecule has 0 bridgehead atoms. The van der Waals surface area contributed by atoms with Crippen LogP contribution in [0, 0.1) is 0 Å². The molecular formula is C8H10NO2S-. The Hall–Kier alpha value is -0.710. The minimum atomic E-state index is -2.20. The maximum atomic E-state index is 10.3. The quantitative estimate of drug-likeness (QED) is 0.716. The summed E-state index contributed by atoms with van der Waals surface area (Å²) in [7, 11) is 0. The van der Waals surface area contributed by atoms with Crippen LogP contribution in [-0.4, -0.2) is 8.76 Å². The molecule has 0 saturated heterocycles. The summed E-state index contributed by atoms with van der Waals surface area (Å²) in [5, 5.41) is 0. The van der Waals surface area contributed by atoms with Gasteiger partial charge in [-0.25, -0.2) is 4.72 Å². The predicted octanol–water partition coefficient (Wildman–Crippen LogP) is 1.13. The molecule has 12 heavy (non-hydrogen) atoms. The first kappa shape index (κ1) is 9.38. The average molecular weight is 184 g/mol.